The number of nitrogens with zero attached hydrogens (tertiary/aromatic N) is 1. The van der Waals surface area contributed by atoms with E-state index in [0.29, 0.717) is 25.3 Å². The quantitative estimate of drug-likeness (QED) is 0.831. The van der Waals surface area contributed by atoms with E-state index in [2.05, 4.69) is 5.32 Å². The Morgan fingerprint density at radius 3 is 2.52 bits per heavy atom. The maximum absolute atomic E-state index is 12.4. The lowest BCUT2D eigenvalue weighted by molar-refractivity contribution is -0.143. The van der Waals surface area contributed by atoms with Crippen LogP contribution in [0.4, 0.5) is 4.79 Å². The molecular formula is C15H26N2O4. The number of nitrogens with one attached hydrogen (secondary N) is 1. The first-order valence-corrected chi connectivity index (χ1v) is 7.86. The summed E-state index contributed by atoms with van der Waals surface area (Å²) in [5.41, 5.74) is 0. The standard InChI is InChI=1S/C15H26N2O4/c1-10-9-13(14(18)19)3-6-17(10)15(20)16-11(2)12-4-7-21-8-5-12/h10-13H,3-9H2,1-2H3,(H,16,20)(H,18,19). The number of hydrogen-bond acceptors (Lipinski definition) is 3. The van der Waals surface area contributed by atoms with Gasteiger partial charge in [0.2, 0.25) is 0 Å². The van der Waals surface area contributed by atoms with Gasteiger partial charge >= 0.3 is 12.0 Å². The highest BCUT2D eigenvalue weighted by atomic mass is 16.5. The Balaban J connectivity index is 1.84. The fraction of sp³-hybridized carbons (Fsp3) is 0.867. The van der Waals surface area contributed by atoms with Crippen molar-refractivity contribution in [2.24, 2.45) is 11.8 Å². The van der Waals surface area contributed by atoms with Crippen molar-refractivity contribution in [1.29, 1.82) is 0 Å². The molecule has 21 heavy (non-hydrogen) atoms. The molecule has 0 radical (unpaired) electrons. The van der Waals surface area contributed by atoms with Crippen LogP contribution in [0.3, 0.4) is 0 Å². The van der Waals surface area contributed by atoms with E-state index >= 15 is 0 Å². The van der Waals surface area contributed by atoms with Crippen molar-refractivity contribution in [2.45, 2.75) is 51.6 Å². The SMILES string of the molecule is CC(NC(=O)N1CCC(C(=O)O)CC1C)C1CCOCC1. The molecule has 2 saturated heterocycles. The summed E-state index contributed by atoms with van der Waals surface area (Å²) in [5.74, 6) is -0.607. The van der Waals surface area contributed by atoms with Gasteiger partial charge in [0.15, 0.2) is 0 Å². The van der Waals surface area contributed by atoms with Crippen LogP contribution in [0.1, 0.15) is 39.5 Å². The van der Waals surface area contributed by atoms with Crippen LogP contribution in [0.2, 0.25) is 0 Å². The van der Waals surface area contributed by atoms with E-state index in [0.717, 1.165) is 26.1 Å². The number of piperidine rings is 1. The summed E-state index contributed by atoms with van der Waals surface area (Å²) in [6.45, 7) is 6.03. The lowest BCUT2D eigenvalue weighted by atomic mass is 9.91. The van der Waals surface area contributed by atoms with Crippen LogP contribution in [0.5, 0.6) is 0 Å². The van der Waals surface area contributed by atoms with Crippen LogP contribution < -0.4 is 5.32 Å². The number of ether oxygens (including phenoxy) is 1. The second-order valence-corrected chi connectivity index (χ2v) is 6.29. The molecule has 6 heteroatoms. The van der Waals surface area contributed by atoms with Crippen LogP contribution in [0, 0.1) is 11.8 Å². The van der Waals surface area contributed by atoms with Crippen LogP contribution in [-0.2, 0) is 9.53 Å². The van der Waals surface area contributed by atoms with Crippen LogP contribution in [-0.4, -0.2) is 53.8 Å². The summed E-state index contributed by atoms with van der Waals surface area (Å²) in [6, 6.07) is 0.0397. The summed E-state index contributed by atoms with van der Waals surface area (Å²) in [7, 11) is 0. The molecule has 0 aromatic heterocycles. The minimum Gasteiger partial charge on any atom is -0.481 e. The molecule has 0 aromatic carbocycles. The lowest BCUT2D eigenvalue weighted by Gasteiger charge is -2.38. The third kappa shape index (κ3) is 4.09. The van der Waals surface area contributed by atoms with Crippen LogP contribution in [0.25, 0.3) is 0 Å². The third-order valence-corrected chi connectivity index (χ3v) is 4.81. The van der Waals surface area contributed by atoms with Crippen molar-refractivity contribution in [3.8, 4) is 0 Å². The fourth-order valence-corrected chi connectivity index (χ4v) is 3.31. The molecule has 120 valence electrons. The van der Waals surface area contributed by atoms with E-state index in [1.165, 1.54) is 0 Å². The number of hydrogen-bond donors (Lipinski definition) is 2. The van der Waals surface area contributed by atoms with Gasteiger partial charge in [0.05, 0.1) is 5.92 Å². The van der Waals surface area contributed by atoms with Crippen molar-refractivity contribution < 1.29 is 19.4 Å². The van der Waals surface area contributed by atoms with Crippen molar-refractivity contribution in [2.75, 3.05) is 19.8 Å². The van der Waals surface area contributed by atoms with Crippen molar-refractivity contribution in [3.05, 3.63) is 0 Å². The molecule has 2 aliphatic rings. The van der Waals surface area contributed by atoms with Crippen molar-refractivity contribution >= 4 is 12.0 Å². The van der Waals surface area contributed by atoms with E-state index in [1.807, 2.05) is 13.8 Å². The predicted octanol–water partition coefficient (Wildman–Crippen LogP) is 1.70. The largest absolute Gasteiger partial charge is 0.481 e. The summed E-state index contributed by atoms with van der Waals surface area (Å²) in [6.07, 6.45) is 3.04. The van der Waals surface area contributed by atoms with E-state index in [-0.39, 0.29) is 24.0 Å². The number of carboxylic acid groups (broad SMARTS) is 1. The van der Waals surface area contributed by atoms with Gasteiger partial charge in [-0.25, -0.2) is 4.79 Å². The van der Waals surface area contributed by atoms with Gasteiger partial charge in [0, 0.05) is 31.8 Å². The average Bonchev–Trinajstić information content (AvgIpc) is 2.47. The summed E-state index contributed by atoms with van der Waals surface area (Å²) < 4.78 is 5.34. The van der Waals surface area contributed by atoms with Gasteiger partial charge in [-0.2, -0.15) is 0 Å². The number of urea groups is 1. The van der Waals surface area contributed by atoms with Gasteiger partial charge in [-0.05, 0) is 45.4 Å². The van der Waals surface area contributed by atoms with Gasteiger partial charge in [0.1, 0.15) is 0 Å². The molecule has 0 aliphatic carbocycles. The Hall–Kier alpha value is -1.30. The second kappa shape index (κ2) is 7.11. The van der Waals surface area contributed by atoms with Crippen molar-refractivity contribution in [1.82, 2.24) is 10.2 Å². The number of rotatable bonds is 3. The highest BCUT2D eigenvalue weighted by Gasteiger charge is 2.33. The van der Waals surface area contributed by atoms with Gasteiger partial charge in [-0.1, -0.05) is 0 Å². The summed E-state index contributed by atoms with van der Waals surface area (Å²) in [5, 5.41) is 12.1. The highest BCUT2D eigenvalue weighted by molar-refractivity contribution is 5.76. The lowest BCUT2D eigenvalue weighted by Crippen LogP contribution is -2.53. The molecule has 2 heterocycles. The normalized spacial score (nSPS) is 29.0. The van der Waals surface area contributed by atoms with E-state index in [9.17, 15) is 9.59 Å². The number of carboxylic acids is 1. The Kier molecular flexibility index (Phi) is 5.45. The number of likely N-dealkylation sites (tertiary alicyclic amines) is 1. The number of aliphatic carboxylic acids is 1. The van der Waals surface area contributed by atoms with Gasteiger partial charge < -0.3 is 20.1 Å². The zero-order valence-electron chi connectivity index (χ0n) is 12.9. The average molecular weight is 298 g/mol. The zero-order valence-corrected chi connectivity index (χ0v) is 12.9. The topological polar surface area (TPSA) is 78.9 Å². The Morgan fingerprint density at radius 1 is 1.29 bits per heavy atom. The maximum Gasteiger partial charge on any atom is 0.317 e. The predicted molar refractivity (Wildman–Crippen MR) is 78.1 cm³/mol. The first-order valence-electron chi connectivity index (χ1n) is 7.86. The molecule has 0 aromatic rings. The molecule has 2 aliphatic heterocycles. The monoisotopic (exact) mass is 298 g/mol. The van der Waals surface area contributed by atoms with Crippen LogP contribution >= 0.6 is 0 Å². The van der Waals surface area contributed by atoms with Gasteiger partial charge in [0.25, 0.3) is 0 Å². The molecule has 3 unspecified atom stereocenters. The molecule has 2 rings (SSSR count). The minimum absolute atomic E-state index is 0.0262. The molecule has 0 saturated carbocycles. The molecule has 3 atom stereocenters. The van der Waals surface area contributed by atoms with E-state index in [1.54, 1.807) is 4.90 Å². The van der Waals surface area contributed by atoms with Gasteiger partial charge in [-0.15, -0.1) is 0 Å². The Bertz CT molecular complexity index is 382. The molecule has 2 N–H and O–H groups in total. The van der Waals surface area contributed by atoms with Crippen molar-refractivity contribution in [3.63, 3.8) is 0 Å². The zero-order chi connectivity index (χ0) is 15.4. The summed E-state index contributed by atoms with van der Waals surface area (Å²) >= 11 is 0. The summed E-state index contributed by atoms with van der Waals surface area (Å²) in [4.78, 5) is 25.2. The number of carbonyl (C=O) groups excluding carboxylic acids is 1. The maximum atomic E-state index is 12.4. The fourth-order valence-electron chi connectivity index (χ4n) is 3.31. The van der Waals surface area contributed by atoms with Crippen LogP contribution in [0.15, 0.2) is 0 Å². The smallest absolute Gasteiger partial charge is 0.317 e. The highest BCUT2D eigenvalue weighted by Crippen LogP contribution is 2.24. The first-order chi connectivity index (χ1) is 9.99. The molecule has 0 spiro atoms. The number of amides is 2. The first kappa shape index (κ1) is 16.1. The molecule has 2 amide bonds. The molecule has 6 nitrogen and oxygen atoms in total. The Labute approximate surface area is 125 Å². The van der Waals surface area contributed by atoms with E-state index in [4.69, 9.17) is 9.84 Å². The second-order valence-electron chi connectivity index (χ2n) is 6.29. The molecule has 0 bridgehead atoms. The molecular weight excluding hydrogens is 272 g/mol. The Morgan fingerprint density at radius 2 is 1.95 bits per heavy atom. The minimum atomic E-state index is -0.752. The molecule has 2 fully saturated rings. The van der Waals surface area contributed by atoms with Gasteiger partial charge in [-0.3, -0.25) is 4.79 Å². The van der Waals surface area contributed by atoms with E-state index < -0.39 is 5.97 Å². The third-order valence-electron chi connectivity index (χ3n) is 4.81. The number of carbonyl (C=O) groups is 2.